The van der Waals surface area contributed by atoms with Crippen molar-refractivity contribution in [2.45, 2.75) is 57.2 Å². The molecule has 0 spiro atoms. The molecule has 178 valence electrons. The van der Waals surface area contributed by atoms with Gasteiger partial charge >= 0.3 is 29.9 Å². The fourth-order valence-corrected chi connectivity index (χ4v) is 12.9. The molecule has 0 bridgehead atoms. The van der Waals surface area contributed by atoms with Crippen molar-refractivity contribution in [1.82, 2.24) is 0 Å². The predicted octanol–water partition coefficient (Wildman–Crippen LogP) is 6.90. The summed E-state index contributed by atoms with van der Waals surface area (Å²) in [5.41, 5.74) is 1.52. The van der Waals surface area contributed by atoms with Gasteiger partial charge < -0.3 is 35.6 Å². The Labute approximate surface area is 206 Å². The van der Waals surface area contributed by atoms with Gasteiger partial charge in [0.2, 0.25) is 0 Å². The Morgan fingerprint density at radius 1 is 0.867 bits per heavy atom. The van der Waals surface area contributed by atoms with Gasteiger partial charge in [-0.3, -0.25) is 6.08 Å². The molecular formula is C23H46O3PtSi3. The molecule has 1 aliphatic rings. The summed E-state index contributed by atoms with van der Waals surface area (Å²) in [5.74, 6) is 0. The summed E-state index contributed by atoms with van der Waals surface area (Å²) in [5, 5.41) is 3.16. The van der Waals surface area contributed by atoms with Gasteiger partial charge in [0.15, 0.2) is 0 Å². The normalized spacial score (nSPS) is 13.9. The van der Waals surface area contributed by atoms with Gasteiger partial charge in [-0.2, -0.15) is 5.57 Å². The molecule has 0 radical (unpaired) electrons. The van der Waals surface area contributed by atoms with Gasteiger partial charge in [-0.1, -0.05) is 44.4 Å². The third-order valence-corrected chi connectivity index (χ3v) is 14.7. The summed E-state index contributed by atoms with van der Waals surface area (Å²) in [7, 11) is -0.659. The van der Waals surface area contributed by atoms with E-state index in [-0.39, 0.29) is 43.3 Å². The summed E-state index contributed by atoms with van der Waals surface area (Å²) in [6, 6.07) is 3.00. The molecule has 0 unspecified atom stereocenters. The van der Waals surface area contributed by atoms with Crippen LogP contribution in [0.1, 0.15) is 12.8 Å². The SMILES string of the molecule is C=CC[Si](C)(C)C1=[C-]CC(CC[Si](OC)(OC)OC)=C1[Si](C)(C)CC=C.[CH3-].[CH3-].[CH3-].[Pt+4]. The molecule has 1 rings (SSSR count). The van der Waals surface area contributed by atoms with E-state index in [0.717, 1.165) is 31.0 Å². The van der Waals surface area contributed by atoms with Crippen LogP contribution in [0.25, 0.3) is 0 Å². The Morgan fingerprint density at radius 3 is 1.70 bits per heavy atom. The first-order valence-electron chi connectivity index (χ1n) is 9.34. The maximum Gasteiger partial charge on any atom is 4.00 e. The first-order chi connectivity index (χ1) is 12.1. The minimum absolute atomic E-state index is 0. The van der Waals surface area contributed by atoms with E-state index in [9.17, 15) is 0 Å². The summed E-state index contributed by atoms with van der Waals surface area (Å²) in [4.78, 5) is 0. The van der Waals surface area contributed by atoms with Crippen molar-refractivity contribution in [3.63, 3.8) is 0 Å². The van der Waals surface area contributed by atoms with Gasteiger partial charge in [-0.05, 0) is 20.5 Å². The first kappa shape index (κ1) is 37.5. The van der Waals surface area contributed by atoms with Gasteiger partial charge in [-0.15, -0.1) is 19.6 Å². The van der Waals surface area contributed by atoms with Crippen molar-refractivity contribution in [2.75, 3.05) is 21.3 Å². The summed E-state index contributed by atoms with van der Waals surface area (Å²) in [6.07, 6.45) is 9.85. The summed E-state index contributed by atoms with van der Waals surface area (Å²) < 4.78 is 16.9. The van der Waals surface area contributed by atoms with Gasteiger partial charge in [0.25, 0.3) is 0 Å². The fraction of sp³-hybridized carbons (Fsp3) is 0.522. The molecular weight excluding hydrogens is 604 g/mol. The number of rotatable bonds is 12. The van der Waals surface area contributed by atoms with Crippen molar-refractivity contribution in [3.05, 3.63) is 69.6 Å². The molecule has 0 aromatic rings. The van der Waals surface area contributed by atoms with Crippen LogP contribution in [0.3, 0.4) is 0 Å². The largest absolute Gasteiger partial charge is 4.00 e. The van der Waals surface area contributed by atoms with Crippen molar-refractivity contribution >= 4 is 25.0 Å². The average molecular weight is 650 g/mol. The van der Waals surface area contributed by atoms with E-state index in [1.807, 2.05) is 0 Å². The number of hydrogen-bond donors (Lipinski definition) is 0. The van der Waals surface area contributed by atoms with Crippen LogP contribution >= 0.6 is 0 Å². The van der Waals surface area contributed by atoms with Crippen molar-refractivity contribution in [3.8, 4) is 0 Å². The molecule has 0 aromatic carbocycles. The molecule has 0 heterocycles. The van der Waals surface area contributed by atoms with Crippen molar-refractivity contribution in [1.29, 1.82) is 0 Å². The molecule has 0 fully saturated rings. The zero-order valence-electron chi connectivity index (χ0n) is 21.1. The van der Waals surface area contributed by atoms with Crippen LogP contribution in [0.5, 0.6) is 0 Å². The third kappa shape index (κ3) is 8.97. The Kier molecular flexibility index (Phi) is 19.9. The summed E-state index contributed by atoms with van der Waals surface area (Å²) in [6.45, 7) is 17.8. The maximum absolute atomic E-state index is 5.63. The van der Waals surface area contributed by atoms with Crippen LogP contribution in [0.4, 0.5) is 0 Å². The van der Waals surface area contributed by atoms with E-state index in [1.165, 1.54) is 10.8 Å². The number of hydrogen-bond acceptors (Lipinski definition) is 3. The van der Waals surface area contributed by atoms with Gasteiger partial charge in [0.05, 0.1) is 0 Å². The van der Waals surface area contributed by atoms with Crippen LogP contribution in [0, 0.1) is 28.4 Å². The van der Waals surface area contributed by atoms with Gasteiger partial charge in [0, 0.05) is 35.4 Å². The zero-order chi connectivity index (χ0) is 20.0. The zero-order valence-corrected chi connectivity index (χ0v) is 26.4. The van der Waals surface area contributed by atoms with Crippen LogP contribution < -0.4 is 0 Å². The van der Waals surface area contributed by atoms with Crippen LogP contribution in [-0.2, 0) is 34.3 Å². The molecule has 0 saturated heterocycles. The second kappa shape index (κ2) is 15.9. The third-order valence-electron chi connectivity index (χ3n) is 5.41. The Hall–Kier alpha value is 0.179. The van der Waals surface area contributed by atoms with E-state index >= 15 is 0 Å². The Bertz CT molecular complexity index is 572. The van der Waals surface area contributed by atoms with E-state index in [1.54, 1.807) is 26.5 Å². The van der Waals surface area contributed by atoms with Gasteiger partial charge in [-0.25, -0.2) is 10.4 Å². The smallest absolute Gasteiger partial charge is 0.377 e. The second-order valence-electron chi connectivity index (χ2n) is 8.26. The first-order valence-corrected chi connectivity index (χ1v) is 17.7. The maximum atomic E-state index is 5.63. The van der Waals surface area contributed by atoms with Crippen LogP contribution in [0.2, 0.25) is 44.3 Å². The second-order valence-corrected chi connectivity index (χ2v) is 20.7. The van der Waals surface area contributed by atoms with Crippen LogP contribution in [0.15, 0.2) is 41.3 Å². The molecule has 0 aliphatic heterocycles. The minimum atomic E-state index is -2.56. The molecule has 1 aliphatic carbocycles. The van der Waals surface area contributed by atoms with Crippen LogP contribution in [-0.4, -0.2) is 46.3 Å². The molecule has 30 heavy (non-hydrogen) atoms. The summed E-state index contributed by atoms with van der Waals surface area (Å²) >= 11 is 0. The van der Waals surface area contributed by atoms with E-state index in [4.69, 9.17) is 13.3 Å². The van der Waals surface area contributed by atoms with Gasteiger partial charge in [0.1, 0.15) is 0 Å². The fourth-order valence-electron chi connectivity index (χ4n) is 3.94. The van der Waals surface area contributed by atoms with Crippen molar-refractivity contribution in [2.24, 2.45) is 0 Å². The standard InChI is InChI=1S/C20H37O3Si3.3CH3.Pt/c1-10-15-24(6,7)19-13-12-18(20(19)25(8,9)16-11-2)14-17-26(21-3,22-4)23-5;;;;/h10-11H,1-2,12,14-17H2,3-9H3;3*1H3;/q4*-1;+4. The molecule has 7 heteroatoms. The van der Waals surface area contributed by atoms with Crippen molar-refractivity contribution < 1.29 is 34.3 Å². The Morgan fingerprint density at radius 2 is 1.30 bits per heavy atom. The minimum Gasteiger partial charge on any atom is -0.377 e. The molecule has 3 nitrogen and oxygen atoms in total. The molecule has 0 amide bonds. The van der Waals surface area contributed by atoms with E-state index in [0.29, 0.717) is 0 Å². The molecule has 0 N–H and O–H groups in total. The monoisotopic (exact) mass is 649 g/mol. The Balaban J connectivity index is -0.000000845. The van der Waals surface area contributed by atoms with E-state index in [2.05, 4.69) is 57.6 Å². The van der Waals surface area contributed by atoms with E-state index < -0.39 is 25.0 Å². The average Bonchev–Trinajstić information content (AvgIpc) is 3.02. The number of allylic oxidation sites excluding steroid dienone is 6. The quantitative estimate of drug-likeness (QED) is 0.131. The predicted molar refractivity (Wildman–Crippen MR) is 139 cm³/mol. The topological polar surface area (TPSA) is 27.7 Å². The molecule has 0 aromatic heterocycles. The molecule has 0 saturated carbocycles. The molecule has 0 atom stereocenters.